The normalized spacial score (nSPS) is 10.8. The molecule has 0 spiro atoms. The molecule has 0 bridgehead atoms. The fourth-order valence-electron chi connectivity index (χ4n) is 4.64. The van der Waals surface area contributed by atoms with E-state index >= 15 is 0 Å². The first kappa shape index (κ1) is 32.7. The molecule has 7 nitrogen and oxygen atoms in total. The molecule has 0 fully saturated rings. The van der Waals surface area contributed by atoms with Gasteiger partial charge in [-0.15, -0.1) is 0 Å². The number of rotatable bonds is 21. The lowest BCUT2D eigenvalue weighted by atomic mass is 10.1. The number of hydroxylamine groups is 1. The third-order valence-electron chi connectivity index (χ3n) is 7.08. The maximum Gasteiger partial charge on any atom is 0.332 e. The molecule has 0 unspecified atom stereocenters. The fraction of sp³-hybridized carbons (Fsp3) is 0.429. The lowest BCUT2D eigenvalue weighted by molar-refractivity contribution is -0.142. The number of carbonyl (C=O) groups is 2. The molecule has 0 aromatic heterocycles. The quantitative estimate of drug-likeness (QED) is 0.0992. The average molecular weight is 575 g/mol. The second kappa shape index (κ2) is 19.3. The summed E-state index contributed by atoms with van der Waals surface area (Å²) in [6, 6.07) is 24.5. The van der Waals surface area contributed by atoms with Gasteiger partial charge in [-0.05, 0) is 53.9 Å². The molecule has 1 amide bonds. The molecule has 3 aromatic carbocycles. The Morgan fingerprint density at radius 2 is 1.36 bits per heavy atom. The van der Waals surface area contributed by atoms with Crippen LogP contribution in [0.15, 0.2) is 78.9 Å². The van der Waals surface area contributed by atoms with Gasteiger partial charge >= 0.3 is 5.97 Å². The number of unbranched alkanes of at least 4 members (excludes halogenated alkanes) is 9. The molecule has 0 aliphatic heterocycles. The summed E-state index contributed by atoms with van der Waals surface area (Å²) in [7, 11) is 0. The maximum atomic E-state index is 12.6. The largest absolute Gasteiger partial charge is 0.489 e. The van der Waals surface area contributed by atoms with Crippen LogP contribution in [0, 0.1) is 0 Å². The van der Waals surface area contributed by atoms with Crippen molar-refractivity contribution in [3.05, 3.63) is 95.6 Å². The van der Waals surface area contributed by atoms with Gasteiger partial charge in [0.15, 0.2) is 6.61 Å². The minimum absolute atomic E-state index is 0.0810. The predicted octanol–water partition coefficient (Wildman–Crippen LogP) is 7.94. The minimum Gasteiger partial charge on any atom is -0.489 e. The van der Waals surface area contributed by atoms with Gasteiger partial charge < -0.3 is 15.2 Å². The fourth-order valence-corrected chi connectivity index (χ4v) is 4.64. The zero-order valence-corrected chi connectivity index (χ0v) is 24.9. The number of nitrogens with one attached hydrogen (secondary N) is 1. The molecule has 3 rings (SSSR count). The van der Waals surface area contributed by atoms with Crippen molar-refractivity contribution >= 4 is 17.6 Å². The van der Waals surface area contributed by atoms with Crippen LogP contribution in [0.25, 0.3) is 0 Å². The Morgan fingerprint density at radius 3 is 1.98 bits per heavy atom. The summed E-state index contributed by atoms with van der Waals surface area (Å²) in [6.45, 7) is 3.23. The summed E-state index contributed by atoms with van der Waals surface area (Å²) in [5.41, 5.74) is 3.25. The van der Waals surface area contributed by atoms with Crippen molar-refractivity contribution in [2.24, 2.45) is 0 Å². The van der Waals surface area contributed by atoms with E-state index in [1.165, 1.54) is 56.4 Å². The molecule has 0 saturated carbocycles. The molecule has 3 aromatic rings. The number of carbonyl (C=O) groups excluding carboxylic acids is 1. The summed E-state index contributed by atoms with van der Waals surface area (Å²) >= 11 is 0. The third kappa shape index (κ3) is 12.8. The second-order valence-corrected chi connectivity index (χ2v) is 10.6. The van der Waals surface area contributed by atoms with E-state index in [0.29, 0.717) is 36.7 Å². The van der Waals surface area contributed by atoms with Crippen LogP contribution >= 0.6 is 0 Å². The van der Waals surface area contributed by atoms with Gasteiger partial charge in [0, 0.05) is 12.1 Å². The summed E-state index contributed by atoms with van der Waals surface area (Å²) < 4.78 is 5.86. The standard InChI is InChI=1S/C35H46N2O5/c1-2-3-4-5-6-7-8-9-10-14-25-36-35(40)31-19-17-29(18-20-31)26-37(42-28-34(38)39)32-21-23-33(24-22-32)41-27-30-15-12-11-13-16-30/h11-13,15-24H,2-10,14,25-28H2,1H3,(H,36,40)(H,38,39). The predicted molar refractivity (Wildman–Crippen MR) is 168 cm³/mol. The van der Waals surface area contributed by atoms with Crippen molar-refractivity contribution in [1.82, 2.24) is 5.32 Å². The Balaban J connectivity index is 1.43. The summed E-state index contributed by atoms with van der Waals surface area (Å²) in [5.74, 6) is -0.436. The van der Waals surface area contributed by atoms with E-state index in [1.807, 2.05) is 66.7 Å². The maximum absolute atomic E-state index is 12.6. The van der Waals surface area contributed by atoms with Crippen LogP contribution in [0.1, 0.15) is 92.6 Å². The van der Waals surface area contributed by atoms with Gasteiger partial charge in [0.05, 0.1) is 12.2 Å². The number of hydrogen-bond acceptors (Lipinski definition) is 5. The monoisotopic (exact) mass is 574 g/mol. The topological polar surface area (TPSA) is 88.1 Å². The molecule has 226 valence electrons. The SMILES string of the molecule is CCCCCCCCCCCCNC(=O)c1ccc(CN(OCC(=O)O)c2ccc(OCc3ccccc3)cc2)cc1. The van der Waals surface area contributed by atoms with Crippen LogP contribution in [0.5, 0.6) is 5.75 Å². The van der Waals surface area contributed by atoms with Gasteiger partial charge in [-0.25, -0.2) is 9.86 Å². The molecular weight excluding hydrogens is 528 g/mol. The Bertz CT molecular complexity index is 1170. The van der Waals surface area contributed by atoms with Crippen molar-refractivity contribution in [3.63, 3.8) is 0 Å². The molecule has 0 aliphatic rings. The molecule has 7 heteroatoms. The second-order valence-electron chi connectivity index (χ2n) is 10.6. The summed E-state index contributed by atoms with van der Waals surface area (Å²) in [5, 5.41) is 13.7. The smallest absolute Gasteiger partial charge is 0.332 e. The third-order valence-corrected chi connectivity index (χ3v) is 7.08. The Labute approximate surface area is 250 Å². The highest BCUT2D eigenvalue weighted by Gasteiger charge is 2.12. The highest BCUT2D eigenvalue weighted by atomic mass is 16.7. The van der Waals surface area contributed by atoms with Gasteiger partial charge in [0.1, 0.15) is 12.4 Å². The molecule has 0 aliphatic carbocycles. The Kier molecular flexibility index (Phi) is 15.0. The first-order valence-corrected chi connectivity index (χ1v) is 15.3. The Morgan fingerprint density at radius 1 is 0.738 bits per heavy atom. The highest BCUT2D eigenvalue weighted by Crippen LogP contribution is 2.23. The minimum atomic E-state index is -1.06. The van der Waals surface area contributed by atoms with Crippen molar-refractivity contribution in [2.45, 2.75) is 84.3 Å². The zero-order chi connectivity index (χ0) is 29.8. The van der Waals surface area contributed by atoms with Crippen LogP contribution in [-0.4, -0.2) is 30.1 Å². The Hall–Kier alpha value is -3.84. The van der Waals surface area contributed by atoms with E-state index < -0.39 is 12.6 Å². The van der Waals surface area contributed by atoms with Gasteiger partial charge in [-0.1, -0.05) is 107 Å². The molecule has 0 radical (unpaired) electrons. The van der Waals surface area contributed by atoms with Crippen LogP contribution in [0.3, 0.4) is 0 Å². The average Bonchev–Trinajstić information content (AvgIpc) is 3.02. The first-order valence-electron chi connectivity index (χ1n) is 15.3. The number of carboxylic acids is 1. The molecule has 42 heavy (non-hydrogen) atoms. The van der Waals surface area contributed by atoms with Crippen molar-refractivity contribution in [3.8, 4) is 5.75 Å². The number of carboxylic acid groups (broad SMARTS) is 1. The van der Waals surface area contributed by atoms with E-state index in [9.17, 15) is 9.59 Å². The number of hydrogen-bond donors (Lipinski definition) is 2. The van der Waals surface area contributed by atoms with Crippen LogP contribution in [-0.2, 0) is 22.8 Å². The van der Waals surface area contributed by atoms with E-state index in [2.05, 4.69) is 12.2 Å². The van der Waals surface area contributed by atoms with E-state index in [1.54, 1.807) is 12.1 Å². The van der Waals surface area contributed by atoms with E-state index in [0.717, 1.165) is 24.0 Å². The molecule has 2 N–H and O–H groups in total. The van der Waals surface area contributed by atoms with Crippen molar-refractivity contribution < 1.29 is 24.3 Å². The summed E-state index contributed by atoms with van der Waals surface area (Å²) in [6.07, 6.45) is 12.6. The van der Waals surface area contributed by atoms with Crippen molar-refractivity contribution in [1.29, 1.82) is 0 Å². The first-order chi connectivity index (χ1) is 20.5. The number of benzene rings is 3. The van der Waals surface area contributed by atoms with Crippen LogP contribution < -0.4 is 15.1 Å². The molecular formula is C35H46N2O5. The van der Waals surface area contributed by atoms with E-state index in [-0.39, 0.29) is 5.91 Å². The molecule has 0 atom stereocenters. The highest BCUT2D eigenvalue weighted by molar-refractivity contribution is 5.94. The van der Waals surface area contributed by atoms with Gasteiger partial charge in [-0.3, -0.25) is 9.63 Å². The number of aliphatic carboxylic acids is 1. The molecule has 0 heterocycles. The van der Waals surface area contributed by atoms with Crippen LogP contribution in [0.2, 0.25) is 0 Å². The summed E-state index contributed by atoms with van der Waals surface area (Å²) in [4.78, 5) is 29.3. The van der Waals surface area contributed by atoms with Crippen LogP contribution in [0.4, 0.5) is 5.69 Å². The van der Waals surface area contributed by atoms with Crippen molar-refractivity contribution in [2.75, 3.05) is 18.2 Å². The van der Waals surface area contributed by atoms with E-state index in [4.69, 9.17) is 14.7 Å². The number of anilines is 1. The number of amides is 1. The lowest BCUT2D eigenvalue weighted by Crippen LogP contribution is -2.26. The van der Waals surface area contributed by atoms with Gasteiger partial charge in [-0.2, -0.15) is 0 Å². The lowest BCUT2D eigenvalue weighted by Gasteiger charge is -2.23. The number of ether oxygens (including phenoxy) is 1. The van der Waals surface area contributed by atoms with Gasteiger partial charge in [0.2, 0.25) is 0 Å². The zero-order valence-electron chi connectivity index (χ0n) is 24.9. The van der Waals surface area contributed by atoms with Gasteiger partial charge in [0.25, 0.3) is 5.91 Å². The number of nitrogens with zero attached hydrogens (tertiary/aromatic N) is 1. The molecule has 0 saturated heterocycles.